The van der Waals surface area contributed by atoms with Crippen molar-refractivity contribution in [1.29, 1.82) is 0 Å². The zero-order chi connectivity index (χ0) is 10.3. The molecule has 0 aliphatic carbocycles. The van der Waals surface area contributed by atoms with Crippen molar-refractivity contribution < 1.29 is 25.9 Å². The van der Waals surface area contributed by atoms with Crippen LogP contribution >= 0.6 is 11.3 Å². The highest BCUT2D eigenvalue weighted by atomic mass is 32.3. The molecule has 1 rings (SSSR count). The molecule has 0 unspecified atom stereocenters. The third kappa shape index (κ3) is 2.41. The molecule has 0 saturated carbocycles. The first-order valence-electron chi connectivity index (χ1n) is 2.50. The molecule has 13 heavy (non-hydrogen) atoms. The second kappa shape index (κ2) is 2.95. The quantitative estimate of drug-likeness (QED) is 0.636. The predicted octanol–water partition coefficient (Wildman–Crippen LogP) is -0.968. The van der Waals surface area contributed by atoms with Gasteiger partial charge in [-0.2, -0.15) is 16.8 Å². The smallest absolute Gasteiger partial charge is 0.280 e. The van der Waals surface area contributed by atoms with Crippen LogP contribution in [0.1, 0.15) is 0 Å². The predicted molar refractivity (Wildman–Crippen MR) is 39.5 cm³/mol. The van der Waals surface area contributed by atoms with Crippen LogP contribution in [0.2, 0.25) is 0 Å². The fourth-order valence-corrected chi connectivity index (χ4v) is 2.48. The van der Waals surface area contributed by atoms with Gasteiger partial charge in [0.25, 0.3) is 8.68 Å². The lowest BCUT2D eigenvalue weighted by Crippen LogP contribution is -1.96. The summed E-state index contributed by atoms with van der Waals surface area (Å²) in [5.41, 5.74) is 0. The maximum absolute atomic E-state index is 10.4. The minimum atomic E-state index is -4.57. The molecule has 0 aromatic carbocycles. The highest BCUT2D eigenvalue weighted by Crippen LogP contribution is 2.18. The SMILES string of the molecule is O=S(=O)(O)c1nnc(S(=O)(=O)O)s1. The van der Waals surface area contributed by atoms with Gasteiger partial charge < -0.3 is 0 Å². The van der Waals surface area contributed by atoms with Crippen LogP contribution in [-0.4, -0.2) is 36.1 Å². The minimum absolute atomic E-state index is 0.0486. The van der Waals surface area contributed by atoms with E-state index < -0.39 is 28.9 Å². The van der Waals surface area contributed by atoms with Gasteiger partial charge in [0, 0.05) is 0 Å². The molecular weight excluding hydrogens is 244 g/mol. The summed E-state index contributed by atoms with van der Waals surface area (Å²) in [4.78, 5) is 0. The van der Waals surface area contributed by atoms with Gasteiger partial charge in [-0.15, -0.1) is 10.2 Å². The Morgan fingerprint density at radius 1 is 0.923 bits per heavy atom. The van der Waals surface area contributed by atoms with Crippen LogP contribution in [-0.2, 0) is 20.2 Å². The van der Waals surface area contributed by atoms with Crippen LogP contribution in [0.15, 0.2) is 8.68 Å². The topological polar surface area (TPSA) is 135 Å². The summed E-state index contributed by atoms with van der Waals surface area (Å²) in [7, 11) is -9.15. The normalized spacial score (nSPS) is 13.1. The van der Waals surface area contributed by atoms with Gasteiger partial charge in [-0.1, -0.05) is 11.3 Å². The molecule has 1 heterocycles. The van der Waals surface area contributed by atoms with Gasteiger partial charge in [0.05, 0.1) is 0 Å². The second-order valence-corrected chi connectivity index (χ2v) is 5.95. The highest BCUT2D eigenvalue weighted by Gasteiger charge is 2.22. The molecule has 0 spiro atoms. The molecule has 0 radical (unpaired) electrons. The summed E-state index contributed by atoms with van der Waals surface area (Å²) in [6, 6.07) is 0. The van der Waals surface area contributed by atoms with E-state index in [-0.39, 0.29) is 11.3 Å². The monoisotopic (exact) mass is 246 g/mol. The standard InChI is InChI=1S/C2H2N2O6S3/c5-12(6,7)1-3-4-2(11-1)13(8,9)10/h(H,5,6,7)(H,8,9,10). The average molecular weight is 246 g/mol. The molecule has 2 N–H and O–H groups in total. The molecule has 0 saturated heterocycles. The Bertz CT molecular complexity index is 463. The Balaban J connectivity index is 3.32. The summed E-state index contributed by atoms with van der Waals surface area (Å²) >= 11 is 0.0486. The van der Waals surface area contributed by atoms with Gasteiger partial charge in [0.15, 0.2) is 0 Å². The van der Waals surface area contributed by atoms with Crippen LogP contribution in [0, 0.1) is 0 Å². The Morgan fingerprint density at radius 2 is 1.23 bits per heavy atom. The number of hydrogen-bond acceptors (Lipinski definition) is 7. The van der Waals surface area contributed by atoms with Crippen LogP contribution in [0.4, 0.5) is 0 Å². The fraction of sp³-hybridized carbons (Fsp3) is 0. The molecular formula is C2H2N2O6S3. The molecule has 0 atom stereocenters. The first-order chi connectivity index (χ1) is 5.71. The first kappa shape index (κ1) is 10.5. The molecule has 0 aliphatic heterocycles. The highest BCUT2D eigenvalue weighted by molar-refractivity contribution is 7.90. The third-order valence-corrected chi connectivity index (χ3v) is 4.15. The number of rotatable bonds is 2. The van der Waals surface area contributed by atoms with Crippen molar-refractivity contribution in [2.24, 2.45) is 0 Å². The molecule has 8 nitrogen and oxygen atoms in total. The lowest BCUT2D eigenvalue weighted by atomic mass is 11.6. The summed E-state index contributed by atoms with van der Waals surface area (Å²) in [5.74, 6) is 0. The zero-order valence-electron chi connectivity index (χ0n) is 5.65. The van der Waals surface area contributed by atoms with E-state index in [0.717, 1.165) is 0 Å². The van der Waals surface area contributed by atoms with Crippen molar-refractivity contribution >= 4 is 31.6 Å². The van der Waals surface area contributed by atoms with Crippen molar-refractivity contribution in [2.45, 2.75) is 8.68 Å². The van der Waals surface area contributed by atoms with Crippen molar-refractivity contribution in [2.75, 3.05) is 0 Å². The largest absolute Gasteiger partial charge is 0.324 e. The molecule has 0 fully saturated rings. The van der Waals surface area contributed by atoms with E-state index in [2.05, 4.69) is 10.2 Å². The number of aromatic nitrogens is 2. The Kier molecular flexibility index (Phi) is 2.38. The third-order valence-electron chi connectivity index (χ3n) is 0.829. The van der Waals surface area contributed by atoms with Crippen molar-refractivity contribution in [3.8, 4) is 0 Å². The van der Waals surface area contributed by atoms with Crippen LogP contribution in [0.5, 0.6) is 0 Å². The second-order valence-electron chi connectivity index (χ2n) is 1.78. The summed E-state index contributed by atoms with van der Waals surface area (Å²) in [6.07, 6.45) is 0. The van der Waals surface area contributed by atoms with Crippen LogP contribution < -0.4 is 0 Å². The Labute approximate surface area is 76.7 Å². The summed E-state index contributed by atoms with van der Waals surface area (Å²) in [6.45, 7) is 0. The van der Waals surface area contributed by atoms with Gasteiger partial charge in [-0.05, 0) is 0 Å². The molecule has 0 amide bonds. The van der Waals surface area contributed by atoms with Crippen LogP contribution in [0.25, 0.3) is 0 Å². The Morgan fingerprint density at radius 3 is 1.38 bits per heavy atom. The first-order valence-corrected chi connectivity index (χ1v) is 6.19. The van der Waals surface area contributed by atoms with E-state index in [1.54, 1.807) is 0 Å². The van der Waals surface area contributed by atoms with E-state index in [4.69, 9.17) is 9.11 Å². The van der Waals surface area contributed by atoms with Gasteiger partial charge in [-0.3, -0.25) is 9.11 Å². The lowest BCUT2D eigenvalue weighted by Gasteiger charge is -1.84. The van der Waals surface area contributed by atoms with Crippen LogP contribution in [0.3, 0.4) is 0 Å². The summed E-state index contributed by atoms with van der Waals surface area (Å²) < 4.78 is 56.4. The lowest BCUT2D eigenvalue weighted by molar-refractivity contribution is 0.476. The Hall–Kier alpha value is -0.620. The summed E-state index contributed by atoms with van der Waals surface area (Å²) in [5, 5.41) is 5.69. The number of hydrogen-bond donors (Lipinski definition) is 2. The zero-order valence-corrected chi connectivity index (χ0v) is 8.10. The van der Waals surface area contributed by atoms with E-state index in [9.17, 15) is 16.8 Å². The molecule has 0 bridgehead atoms. The van der Waals surface area contributed by atoms with Gasteiger partial charge in [0.1, 0.15) is 0 Å². The van der Waals surface area contributed by atoms with Gasteiger partial charge >= 0.3 is 20.2 Å². The maximum atomic E-state index is 10.4. The molecule has 11 heteroatoms. The van der Waals surface area contributed by atoms with Gasteiger partial charge in [0.2, 0.25) is 0 Å². The van der Waals surface area contributed by atoms with E-state index in [1.165, 1.54) is 0 Å². The van der Waals surface area contributed by atoms with Crippen molar-refractivity contribution in [1.82, 2.24) is 10.2 Å². The minimum Gasteiger partial charge on any atom is -0.280 e. The maximum Gasteiger partial charge on any atom is 0.324 e. The van der Waals surface area contributed by atoms with Crippen molar-refractivity contribution in [3.63, 3.8) is 0 Å². The van der Waals surface area contributed by atoms with E-state index in [0.29, 0.717) is 0 Å². The molecule has 74 valence electrons. The molecule has 1 aromatic rings. The van der Waals surface area contributed by atoms with E-state index in [1.807, 2.05) is 0 Å². The average Bonchev–Trinajstić information content (AvgIpc) is 2.28. The number of nitrogens with zero attached hydrogens (tertiary/aromatic N) is 2. The van der Waals surface area contributed by atoms with Gasteiger partial charge in [-0.25, -0.2) is 0 Å². The molecule has 0 aliphatic rings. The fourth-order valence-electron chi connectivity index (χ4n) is 0.406. The van der Waals surface area contributed by atoms with Crippen molar-refractivity contribution in [3.05, 3.63) is 0 Å². The van der Waals surface area contributed by atoms with E-state index >= 15 is 0 Å². The molecule has 1 aromatic heterocycles.